The molecule has 0 saturated heterocycles. The maximum Gasteiger partial charge on any atom is 0.211 e. The van der Waals surface area contributed by atoms with Crippen molar-refractivity contribution in [2.24, 2.45) is 4.99 Å². The van der Waals surface area contributed by atoms with E-state index in [2.05, 4.69) is 20.3 Å². The first kappa shape index (κ1) is 17.5. The molecule has 0 radical (unpaired) electrons. The predicted octanol–water partition coefficient (Wildman–Crippen LogP) is 0.317. The predicted molar refractivity (Wildman–Crippen MR) is 83.9 cm³/mol. The Morgan fingerprint density at radius 1 is 1.29 bits per heavy atom. The van der Waals surface area contributed by atoms with Crippen LogP contribution in [-0.2, 0) is 16.4 Å². The van der Waals surface area contributed by atoms with Crippen molar-refractivity contribution in [1.82, 2.24) is 15.4 Å². The van der Waals surface area contributed by atoms with Crippen LogP contribution >= 0.6 is 0 Å². The summed E-state index contributed by atoms with van der Waals surface area (Å²) in [5, 5.41) is 6.28. The largest absolute Gasteiger partial charge is 0.469 e. The van der Waals surface area contributed by atoms with E-state index in [9.17, 15) is 8.42 Å². The summed E-state index contributed by atoms with van der Waals surface area (Å²) in [4.78, 5) is 4.31. The van der Waals surface area contributed by atoms with Gasteiger partial charge in [0.25, 0.3) is 0 Å². The highest BCUT2D eigenvalue weighted by molar-refractivity contribution is 7.89. The monoisotopic (exact) mass is 316 g/mol. The van der Waals surface area contributed by atoms with E-state index in [0.717, 1.165) is 18.7 Å². The van der Waals surface area contributed by atoms with Crippen LogP contribution in [0.5, 0.6) is 0 Å². The van der Waals surface area contributed by atoms with Gasteiger partial charge in [0.15, 0.2) is 5.96 Å². The Hall–Kier alpha value is -1.54. The van der Waals surface area contributed by atoms with Crippen molar-refractivity contribution in [1.29, 1.82) is 0 Å². The van der Waals surface area contributed by atoms with Gasteiger partial charge in [-0.15, -0.1) is 0 Å². The molecule has 0 atom stereocenters. The molecule has 0 aliphatic carbocycles. The van der Waals surface area contributed by atoms with Gasteiger partial charge in [-0.2, -0.15) is 0 Å². The van der Waals surface area contributed by atoms with Crippen LogP contribution in [0, 0.1) is 0 Å². The lowest BCUT2D eigenvalue weighted by Gasteiger charge is -2.10. The van der Waals surface area contributed by atoms with Gasteiger partial charge < -0.3 is 15.1 Å². The summed E-state index contributed by atoms with van der Waals surface area (Å²) >= 11 is 0. The molecule has 21 heavy (non-hydrogen) atoms. The summed E-state index contributed by atoms with van der Waals surface area (Å²) in [6.07, 6.45) is 2.41. The molecule has 7 nitrogen and oxygen atoms in total. The van der Waals surface area contributed by atoms with Crippen molar-refractivity contribution >= 4 is 16.0 Å². The summed E-state index contributed by atoms with van der Waals surface area (Å²) in [6.45, 7) is 5.70. The van der Waals surface area contributed by atoms with Crippen molar-refractivity contribution in [3.8, 4) is 0 Å². The van der Waals surface area contributed by atoms with Crippen LogP contribution in [0.15, 0.2) is 27.8 Å². The number of aliphatic imine (C=N–C) groups is 1. The number of hydrogen-bond donors (Lipinski definition) is 3. The Morgan fingerprint density at radius 2 is 2.10 bits per heavy atom. The number of guanidine groups is 1. The van der Waals surface area contributed by atoms with Gasteiger partial charge in [-0.05, 0) is 26.0 Å². The van der Waals surface area contributed by atoms with Gasteiger partial charge in [-0.3, -0.25) is 4.99 Å². The standard InChI is InChI=1S/C13H24N4O3S/c1-3-14-13(15-8-7-12-6-5-11-20-12)16-9-10-17-21(18,19)4-2/h5-6,11,17H,3-4,7-10H2,1-2H3,(H2,14,15,16). The summed E-state index contributed by atoms with van der Waals surface area (Å²) in [5.74, 6) is 1.66. The number of sulfonamides is 1. The van der Waals surface area contributed by atoms with Crippen LogP contribution < -0.4 is 15.4 Å². The van der Waals surface area contributed by atoms with Gasteiger partial charge >= 0.3 is 0 Å². The smallest absolute Gasteiger partial charge is 0.211 e. The molecule has 0 amide bonds. The molecular weight excluding hydrogens is 292 g/mol. The molecule has 0 spiro atoms. The SMILES string of the molecule is CCNC(=NCCNS(=O)(=O)CC)NCCc1ccco1. The average molecular weight is 316 g/mol. The van der Waals surface area contributed by atoms with Gasteiger partial charge in [0, 0.05) is 26.1 Å². The molecular formula is C13H24N4O3S. The van der Waals surface area contributed by atoms with Gasteiger partial charge in [0.05, 0.1) is 18.6 Å². The summed E-state index contributed by atoms with van der Waals surface area (Å²) < 4.78 is 30.3. The molecule has 0 aromatic carbocycles. The van der Waals surface area contributed by atoms with Gasteiger partial charge in [-0.1, -0.05) is 0 Å². The van der Waals surface area contributed by atoms with Gasteiger partial charge in [0.2, 0.25) is 10.0 Å². The van der Waals surface area contributed by atoms with Crippen molar-refractivity contribution in [2.45, 2.75) is 20.3 Å². The Balaban J connectivity index is 2.32. The molecule has 0 bridgehead atoms. The third kappa shape index (κ3) is 7.72. The second-order valence-corrected chi connectivity index (χ2v) is 6.41. The van der Waals surface area contributed by atoms with Crippen LogP contribution in [0.4, 0.5) is 0 Å². The minimum absolute atomic E-state index is 0.0815. The molecule has 1 aromatic heterocycles. The zero-order chi connectivity index (χ0) is 15.6. The normalized spacial score (nSPS) is 12.4. The highest BCUT2D eigenvalue weighted by Crippen LogP contribution is 1.99. The van der Waals surface area contributed by atoms with E-state index in [4.69, 9.17) is 4.42 Å². The Kier molecular flexibility index (Phi) is 7.84. The number of furan rings is 1. The van der Waals surface area contributed by atoms with Crippen LogP contribution in [-0.4, -0.2) is 46.3 Å². The molecule has 8 heteroatoms. The molecule has 120 valence electrons. The Labute approximate surface area is 126 Å². The van der Waals surface area contributed by atoms with E-state index < -0.39 is 10.0 Å². The first-order valence-corrected chi connectivity index (χ1v) is 8.74. The second kappa shape index (κ2) is 9.41. The van der Waals surface area contributed by atoms with E-state index in [-0.39, 0.29) is 5.75 Å². The third-order valence-corrected chi connectivity index (χ3v) is 4.08. The van der Waals surface area contributed by atoms with Crippen molar-refractivity contribution in [3.05, 3.63) is 24.2 Å². The molecule has 0 fully saturated rings. The highest BCUT2D eigenvalue weighted by Gasteiger charge is 2.04. The van der Waals surface area contributed by atoms with Crippen molar-refractivity contribution in [3.63, 3.8) is 0 Å². The zero-order valence-electron chi connectivity index (χ0n) is 12.6. The minimum atomic E-state index is -3.15. The molecule has 1 aromatic rings. The fraction of sp³-hybridized carbons (Fsp3) is 0.615. The zero-order valence-corrected chi connectivity index (χ0v) is 13.4. The first-order valence-electron chi connectivity index (χ1n) is 7.09. The van der Waals surface area contributed by atoms with Gasteiger partial charge in [-0.25, -0.2) is 13.1 Å². The Bertz CT molecular complexity index is 512. The van der Waals surface area contributed by atoms with E-state index in [1.165, 1.54) is 0 Å². The van der Waals surface area contributed by atoms with Crippen LogP contribution in [0.1, 0.15) is 19.6 Å². The van der Waals surface area contributed by atoms with Crippen LogP contribution in [0.25, 0.3) is 0 Å². The molecule has 0 unspecified atom stereocenters. The number of rotatable bonds is 9. The Morgan fingerprint density at radius 3 is 2.71 bits per heavy atom. The maximum absolute atomic E-state index is 11.3. The average Bonchev–Trinajstić information content (AvgIpc) is 2.97. The number of nitrogens with zero attached hydrogens (tertiary/aromatic N) is 1. The molecule has 1 heterocycles. The maximum atomic E-state index is 11.3. The lowest BCUT2D eigenvalue weighted by atomic mass is 10.3. The second-order valence-electron chi connectivity index (χ2n) is 4.31. The topological polar surface area (TPSA) is 95.7 Å². The van der Waals surface area contributed by atoms with Crippen LogP contribution in [0.2, 0.25) is 0 Å². The van der Waals surface area contributed by atoms with E-state index in [1.807, 2.05) is 19.1 Å². The van der Waals surface area contributed by atoms with E-state index in [1.54, 1.807) is 13.2 Å². The first-order chi connectivity index (χ1) is 10.1. The molecule has 0 saturated carbocycles. The van der Waals surface area contributed by atoms with E-state index >= 15 is 0 Å². The summed E-state index contributed by atoms with van der Waals surface area (Å²) in [7, 11) is -3.15. The number of nitrogens with one attached hydrogen (secondary N) is 3. The minimum Gasteiger partial charge on any atom is -0.469 e. The van der Waals surface area contributed by atoms with Crippen molar-refractivity contribution < 1.29 is 12.8 Å². The molecule has 0 aliphatic heterocycles. The van der Waals surface area contributed by atoms with Crippen molar-refractivity contribution in [2.75, 3.05) is 31.9 Å². The fourth-order valence-corrected chi connectivity index (χ4v) is 2.18. The summed E-state index contributed by atoms with van der Waals surface area (Å²) in [6, 6.07) is 3.78. The highest BCUT2D eigenvalue weighted by atomic mass is 32.2. The fourth-order valence-electron chi connectivity index (χ4n) is 1.57. The lowest BCUT2D eigenvalue weighted by Crippen LogP contribution is -2.39. The van der Waals surface area contributed by atoms with E-state index in [0.29, 0.717) is 25.6 Å². The molecule has 0 aliphatic rings. The van der Waals surface area contributed by atoms with Gasteiger partial charge in [0.1, 0.15) is 5.76 Å². The summed E-state index contributed by atoms with van der Waals surface area (Å²) in [5.41, 5.74) is 0. The quantitative estimate of drug-likeness (QED) is 0.346. The molecule has 3 N–H and O–H groups in total. The third-order valence-electron chi connectivity index (χ3n) is 2.67. The molecule has 1 rings (SSSR count). The lowest BCUT2D eigenvalue weighted by molar-refractivity contribution is 0.507. The number of hydrogen-bond acceptors (Lipinski definition) is 4. The van der Waals surface area contributed by atoms with Crippen LogP contribution in [0.3, 0.4) is 0 Å².